The van der Waals surface area contributed by atoms with Crippen LogP contribution in [0, 0.1) is 41.4 Å². The molecule has 0 aromatic carbocycles. The molecule has 0 saturated heterocycles. The second-order valence-corrected chi connectivity index (χ2v) is 8.52. The highest BCUT2D eigenvalue weighted by Gasteiger charge is 2.56. The minimum atomic E-state index is 0.163. The van der Waals surface area contributed by atoms with Crippen LogP contribution in [-0.4, -0.2) is 25.7 Å². The maximum atomic E-state index is 11.9. The summed E-state index contributed by atoms with van der Waals surface area (Å²) in [5.74, 6) is 5.66. The number of carbonyl (C=O) groups excluding carboxylic acids is 1. The van der Waals surface area contributed by atoms with Crippen LogP contribution in [0.5, 0.6) is 0 Å². The largest absolute Gasteiger partial charge is 0.367 e. The van der Waals surface area contributed by atoms with Crippen molar-refractivity contribution in [2.75, 3.05) is 13.7 Å². The molecule has 3 aliphatic carbocycles. The summed E-state index contributed by atoms with van der Waals surface area (Å²) in [6.07, 6.45) is 9.40. The van der Waals surface area contributed by atoms with E-state index in [1.165, 1.54) is 31.8 Å². The third kappa shape index (κ3) is 3.35. The van der Waals surface area contributed by atoms with Crippen LogP contribution in [0.4, 0.5) is 0 Å². The highest BCUT2D eigenvalue weighted by molar-refractivity contribution is 5.90. The molecule has 0 radical (unpaired) electrons. The summed E-state index contributed by atoms with van der Waals surface area (Å²) in [5.41, 5.74) is 0. The van der Waals surface area contributed by atoms with Gasteiger partial charge >= 0.3 is 0 Å². The second kappa shape index (κ2) is 7.70. The molecular weight excluding hydrogens is 298 g/mol. The predicted octanol–water partition coefficient (Wildman–Crippen LogP) is 4.04. The van der Waals surface area contributed by atoms with Crippen LogP contribution in [0.15, 0.2) is 12.7 Å². The quantitative estimate of drug-likeness (QED) is 0.511. The zero-order valence-corrected chi connectivity index (χ0v) is 15.7. The lowest BCUT2D eigenvalue weighted by Gasteiger charge is -2.35. The van der Waals surface area contributed by atoms with Gasteiger partial charge in [-0.3, -0.25) is 10.1 Å². The Balaban J connectivity index is 1.55. The first-order chi connectivity index (χ1) is 11.6. The molecule has 3 saturated carbocycles. The molecule has 3 aliphatic rings. The van der Waals surface area contributed by atoms with E-state index in [1.807, 2.05) is 0 Å². The van der Waals surface area contributed by atoms with E-state index in [9.17, 15) is 4.79 Å². The highest BCUT2D eigenvalue weighted by atomic mass is 16.5. The molecule has 3 fully saturated rings. The van der Waals surface area contributed by atoms with Crippen molar-refractivity contribution in [1.82, 2.24) is 5.32 Å². The van der Waals surface area contributed by atoms with E-state index in [-0.39, 0.29) is 17.9 Å². The van der Waals surface area contributed by atoms with Crippen molar-refractivity contribution in [2.24, 2.45) is 41.4 Å². The Morgan fingerprint density at radius 2 is 2.08 bits per heavy atom. The zero-order chi connectivity index (χ0) is 17.3. The van der Waals surface area contributed by atoms with Crippen molar-refractivity contribution < 1.29 is 9.53 Å². The van der Waals surface area contributed by atoms with E-state index in [0.717, 1.165) is 54.9 Å². The minimum Gasteiger partial charge on any atom is -0.367 e. The van der Waals surface area contributed by atoms with Gasteiger partial charge in [-0.2, -0.15) is 0 Å². The maximum Gasteiger partial charge on any atom is 0.157 e. The molecule has 3 heteroatoms. The van der Waals surface area contributed by atoms with Gasteiger partial charge in [0.05, 0.1) is 0 Å². The van der Waals surface area contributed by atoms with Crippen molar-refractivity contribution in [3.05, 3.63) is 12.7 Å². The van der Waals surface area contributed by atoms with E-state index in [4.69, 9.17) is 4.74 Å². The number of allylic oxidation sites excluding steroid dienone is 1. The lowest BCUT2D eigenvalue weighted by molar-refractivity contribution is -0.118. The number of fused-ring (bicyclic) bond motifs is 5. The standard InChI is InChI=1S/C21H35NO2/c1-5-19(23)13(3)9-15-10-16-11-18(15)17-8-7-14(21(16)17)12-22-20(6-2)24-4/h5,13-18,20-22H,1,6-12H2,2-4H3/t13-,14?,15?,16?,17?,18?,20?,21?/m1/s1. The van der Waals surface area contributed by atoms with Crippen molar-refractivity contribution in [3.8, 4) is 0 Å². The Bertz CT molecular complexity index is 459. The molecule has 1 N–H and O–H groups in total. The molecule has 136 valence electrons. The summed E-state index contributed by atoms with van der Waals surface area (Å²) in [5, 5.41) is 3.62. The SMILES string of the molecule is C=CC(=O)[C@H](C)CC1CC2CC1C1CCC(CNC(CC)OC)C21. The van der Waals surface area contributed by atoms with Crippen LogP contribution >= 0.6 is 0 Å². The topological polar surface area (TPSA) is 38.3 Å². The normalized spacial score (nSPS) is 39.6. The Labute approximate surface area is 147 Å². The fourth-order valence-corrected chi connectivity index (χ4v) is 6.37. The van der Waals surface area contributed by atoms with Crippen LogP contribution < -0.4 is 5.32 Å². The number of carbonyl (C=O) groups is 1. The molecular formula is C21H35NO2. The van der Waals surface area contributed by atoms with Gasteiger partial charge in [0.1, 0.15) is 6.23 Å². The molecule has 2 bridgehead atoms. The first-order valence-electron chi connectivity index (χ1n) is 10.0. The molecule has 0 aromatic heterocycles. The van der Waals surface area contributed by atoms with E-state index in [1.54, 1.807) is 7.11 Å². The molecule has 0 amide bonds. The summed E-state index contributed by atoms with van der Waals surface area (Å²) in [6, 6.07) is 0. The van der Waals surface area contributed by atoms with Crippen LogP contribution in [0.1, 0.15) is 52.4 Å². The van der Waals surface area contributed by atoms with Gasteiger partial charge in [-0.25, -0.2) is 0 Å². The average Bonchev–Trinajstić information content (AvgIpc) is 3.27. The Hall–Kier alpha value is -0.670. The fraction of sp³-hybridized carbons (Fsp3) is 0.857. The number of methoxy groups -OCH3 is 1. The van der Waals surface area contributed by atoms with E-state index in [2.05, 4.69) is 25.7 Å². The zero-order valence-electron chi connectivity index (χ0n) is 15.7. The maximum absolute atomic E-state index is 11.9. The van der Waals surface area contributed by atoms with Gasteiger partial charge in [-0.1, -0.05) is 20.4 Å². The summed E-state index contributed by atoms with van der Waals surface area (Å²) in [6.45, 7) is 9.03. The Kier molecular flexibility index (Phi) is 5.82. The fourth-order valence-electron chi connectivity index (χ4n) is 6.37. The number of rotatable bonds is 9. The van der Waals surface area contributed by atoms with Gasteiger partial charge in [-0.05, 0) is 80.1 Å². The number of hydrogen-bond acceptors (Lipinski definition) is 3. The number of ketones is 1. The smallest absolute Gasteiger partial charge is 0.157 e. The molecule has 7 unspecified atom stereocenters. The van der Waals surface area contributed by atoms with Gasteiger partial charge in [-0.15, -0.1) is 0 Å². The highest BCUT2D eigenvalue weighted by Crippen LogP contribution is 2.63. The van der Waals surface area contributed by atoms with E-state index < -0.39 is 0 Å². The van der Waals surface area contributed by atoms with Crippen LogP contribution in [0.3, 0.4) is 0 Å². The Morgan fingerprint density at radius 3 is 2.75 bits per heavy atom. The van der Waals surface area contributed by atoms with Gasteiger partial charge in [0.2, 0.25) is 0 Å². The van der Waals surface area contributed by atoms with Gasteiger partial charge in [0.25, 0.3) is 0 Å². The number of nitrogens with one attached hydrogen (secondary N) is 1. The Morgan fingerprint density at radius 1 is 1.29 bits per heavy atom. The first kappa shape index (κ1) is 18.1. The van der Waals surface area contributed by atoms with Gasteiger partial charge < -0.3 is 4.74 Å². The third-order valence-electron chi connectivity index (χ3n) is 7.40. The monoisotopic (exact) mass is 333 g/mol. The molecule has 8 atom stereocenters. The van der Waals surface area contributed by atoms with Crippen LogP contribution in [0.2, 0.25) is 0 Å². The molecule has 0 spiro atoms. The van der Waals surface area contributed by atoms with Gasteiger partial charge in [0.15, 0.2) is 5.78 Å². The molecule has 0 heterocycles. The molecule has 0 aromatic rings. The lowest BCUT2D eigenvalue weighted by Crippen LogP contribution is -2.37. The summed E-state index contributed by atoms with van der Waals surface area (Å²) in [7, 11) is 1.80. The first-order valence-corrected chi connectivity index (χ1v) is 10.0. The summed E-state index contributed by atoms with van der Waals surface area (Å²) >= 11 is 0. The number of ether oxygens (including phenoxy) is 1. The molecule has 0 aliphatic heterocycles. The molecule has 24 heavy (non-hydrogen) atoms. The minimum absolute atomic E-state index is 0.163. The molecule has 3 rings (SSSR count). The van der Waals surface area contributed by atoms with Crippen molar-refractivity contribution in [1.29, 1.82) is 0 Å². The average molecular weight is 334 g/mol. The third-order valence-corrected chi connectivity index (χ3v) is 7.40. The van der Waals surface area contributed by atoms with Crippen molar-refractivity contribution in [3.63, 3.8) is 0 Å². The van der Waals surface area contributed by atoms with E-state index in [0.29, 0.717) is 0 Å². The number of hydrogen-bond donors (Lipinski definition) is 1. The summed E-state index contributed by atoms with van der Waals surface area (Å²) in [4.78, 5) is 11.9. The van der Waals surface area contributed by atoms with Crippen molar-refractivity contribution in [2.45, 2.75) is 58.6 Å². The summed E-state index contributed by atoms with van der Waals surface area (Å²) < 4.78 is 5.48. The van der Waals surface area contributed by atoms with Crippen molar-refractivity contribution >= 4 is 5.78 Å². The lowest BCUT2D eigenvalue weighted by atomic mass is 9.71. The van der Waals surface area contributed by atoms with Crippen LogP contribution in [0.25, 0.3) is 0 Å². The second-order valence-electron chi connectivity index (χ2n) is 8.52. The van der Waals surface area contributed by atoms with E-state index >= 15 is 0 Å². The molecule has 3 nitrogen and oxygen atoms in total. The predicted molar refractivity (Wildman–Crippen MR) is 97.5 cm³/mol. The van der Waals surface area contributed by atoms with Crippen LogP contribution in [-0.2, 0) is 9.53 Å². The van der Waals surface area contributed by atoms with Gasteiger partial charge in [0, 0.05) is 19.6 Å².